The van der Waals surface area contributed by atoms with Crippen molar-refractivity contribution in [2.45, 2.75) is 27.2 Å². The Morgan fingerprint density at radius 3 is 2.58 bits per heavy atom. The van der Waals surface area contributed by atoms with Gasteiger partial charge < -0.3 is 9.47 Å². The minimum atomic E-state index is -0.656. The fourth-order valence-electron chi connectivity index (χ4n) is 1.67. The van der Waals surface area contributed by atoms with Crippen molar-refractivity contribution in [2.24, 2.45) is 0 Å². The van der Waals surface area contributed by atoms with Gasteiger partial charge in [0.1, 0.15) is 0 Å². The fraction of sp³-hybridized carbons (Fsp3) is 0.429. The third kappa shape index (κ3) is 4.62. The zero-order chi connectivity index (χ0) is 14.3. The molecule has 0 aliphatic rings. The molecule has 0 fully saturated rings. The molecular formula is C14H19NO4. The van der Waals surface area contributed by atoms with E-state index in [1.54, 1.807) is 6.92 Å². The Balaban J connectivity index is 2.60. The lowest BCUT2D eigenvalue weighted by Gasteiger charge is -2.12. The first-order valence-electron chi connectivity index (χ1n) is 6.26. The fourth-order valence-corrected chi connectivity index (χ4v) is 1.67. The van der Waals surface area contributed by atoms with Crippen molar-refractivity contribution in [2.75, 3.05) is 18.5 Å². The van der Waals surface area contributed by atoms with Gasteiger partial charge in [-0.3, -0.25) is 5.32 Å². The average Bonchev–Trinajstić information content (AvgIpc) is 2.39. The first-order chi connectivity index (χ1) is 9.08. The van der Waals surface area contributed by atoms with Gasteiger partial charge in [-0.15, -0.1) is 0 Å². The van der Waals surface area contributed by atoms with Gasteiger partial charge in [0.25, 0.3) is 0 Å². The molecule has 0 aliphatic heterocycles. The maximum atomic E-state index is 11.6. The predicted octanol–water partition coefficient (Wildman–Crippen LogP) is 2.67. The van der Waals surface area contributed by atoms with E-state index in [1.165, 1.54) is 0 Å². The summed E-state index contributed by atoms with van der Waals surface area (Å²) in [6.45, 7) is 5.48. The molecule has 5 nitrogen and oxygen atoms in total. The number of esters is 1. The molecule has 0 saturated heterocycles. The number of anilines is 1. The van der Waals surface area contributed by atoms with E-state index in [2.05, 4.69) is 10.1 Å². The number of hydrogen-bond donors (Lipinski definition) is 1. The van der Waals surface area contributed by atoms with E-state index in [0.717, 1.165) is 23.2 Å². The zero-order valence-corrected chi connectivity index (χ0v) is 11.5. The van der Waals surface area contributed by atoms with Gasteiger partial charge in [-0.25, -0.2) is 9.59 Å². The molecule has 19 heavy (non-hydrogen) atoms. The van der Waals surface area contributed by atoms with Gasteiger partial charge in [-0.1, -0.05) is 25.1 Å². The summed E-state index contributed by atoms with van der Waals surface area (Å²) in [6.07, 6.45) is 0.145. The van der Waals surface area contributed by atoms with Crippen LogP contribution in [0, 0.1) is 6.92 Å². The number of nitrogens with one attached hydrogen (secondary N) is 1. The second-order valence-corrected chi connectivity index (χ2v) is 3.97. The lowest BCUT2D eigenvalue weighted by atomic mass is 10.1. The van der Waals surface area contributed by atoms with Crippen LogP contribution in [0.15, 0.2) is 18.2 Å². The number of amides is 1. The summed E-state index contributed by atoms with van der Waals surface area (Å²) < 4.78 is 9.46. The third-order valence-electron chi connectivity index (χ3n) is 2.59. The Kier molecular flexibility index (Phi) is 5.85. The molecule has 0 atom stereocenters. The number of ether oxygens (including phenoxy) is 2. The molecule has 0 heterocycles. The Hall–Kier alpha value is -2.04. The lowest BCUT2D eigenvalue weighted by Crippen LogP contribution is -2.21. The largest absolute Gasteiger partial charge is 0.463 e. The summed E-state index contributed by atoms with van der Waals surface area (Å²) in [7, 11) is 0. The monoisotopic (exact) mass is 265 g/mol. The maximum absolute atomic E-state index is 11.6. The van der Waals surface area contributed by atoms with Crippen LogP contribution in [-0.2, 0) is 20.7 Å². The standard InChI is InChI=1S/C14H19NO4/c1-4-11-8-6-7-10(3)13(11)15-14(17)19-9-12(16)18-5-2/h6-8H,4-5,9H2,1-3H3,(H,15,17). The second kappa shape index (κ2) is 7.41. The van der Waals surface area contributed by atoms with Gasteiger partial charge in [0.2, 0.25) is 0 Å². The summed E-state index contributed by atoms with van der Waals surface area (Å²) in [5.41, 5.74) is 2.71. The summed E-state index contributed by atoms with van der Waals surface area (Å²) >= 11 is 0. The number of carbonyl (C=O) groups is 2. The Morgan fingerprint density at radius 1 is 1.21 bits per heavy atom. The van der Waals surface area contributed by atoms with Crippen LogP contribution in [0.25, 0.3) is 0 Å². The number of rotatable bonds is 5. The summed E-state index contributed by atoms with van der Waals surface area (Å²) in [5, 5.41) is 2.66. The highest BCUT2D eigenvalue weighted by molar-refractivity contribution is 5.88. The first kappa shape index (κ1) is 15.0. The molecule has 0 spiro atoms. The van der Waals surface area contributed by atoms with Gasteiger partial charge in [0, 0.05) is 0 Å². The number of benzene rings is 1. The highest BCUT2D eigenvalue weighted by Crippen LogP contribution is 2.21. The minimum Gasteiger partial charge on any atom is -0.463 e. The Labute approximate surface area is 112 Å². The molecule has 0 unspecified atom stereocenters. The molecule has 1 aromatic rings. The highest BCUT2D eigenvalue weighted by atomic mass is 16.6. The van der Waals surface area contributed by atoms with E-state index in [4.69, 9.17) is 4.74 Å². The number of carbonyl (C=O) groups excluding carboxylic acids is 2. The van der Waals surface area contributed by atoms with Crippen LogP contribution >= 0.6 is 0 Å². The van der Waals surface area contributed by atoms with Crippen molar-refractivity contribution in [1.29, 1.82) is 0 Å². The number of hydrogen-bond acceptors (Lipinski definition) is 4. The molecule has 5 heteroatoms. The van der Waals surface area contributed by atoms with E-state index in [9.17, 15) is 9.59 Å². The molecule has 0 radical (unpaired) electrons. The van der Waals surface area contributed by atoms with Crippen LogP contribution in [0.5, 0.6) is 0 Å². The van der Waals surface area contributed by atoms with Crippen molar-refractivity contribution >= 4 is 17.7 Å². The maximum Gasteiger partial charge on any atom is 0.412 e. The van der Waals surface area contributed by atoms with E-state index in [0.29, 0.717) is 0 Å². The molecule has 0 aromatic heterocycles. The van der Waals surface area contributed by atoms with E-state index in [-0.39, 0.29) is 13.2 Å². The normalized spacial score (nSPS) is 9.84. The number of para-hydroxylation sites is 1. The lowest BCUT2D eigenvalue weighted by molar-refractivity contribution is -0.146. The molecular weight excluding hydrogens is 246 g/mol. The zero-order valence-electron chi connectivity index (χ0n) is 11.5. The molecule has 1 amide bonds. The van der Waals surface area contributed by atoms with E-state index in [1.807, 2.05) is 32.0 Å². The molecule has 0 bridgehead atoms. The van der Waals surface area contributed by atoms with Gasteiger partial charge >= 0.3 is 12.1 Å². The summed E-state index contributed by atoms with van der Waals surface area (Å²) in [6, 6.07) is 5.78. The van der Waals surface area contributed by atoms with Crippen molar-refractivity contribution in [3.63, 3.8) is 0 Å². The van der Waals surface area contributed by atoms with Gasteiger partial charge in [-0.2, -0.15) is 0 Å². The van der Waals surface area contributed by atoms with Crippen LogP contribution in [-0.4, -0.2) is 25.3 Å². The van der Waals surface area contributed by atoms with Crippen molar-refractivity contribution in [1.82, 2.24) is 0 Å². The topological polar surface area (TPSA) is 64.6 Å². The van der Waals surface area contributed by atoms with Gasteiger partial charge in [0.15, 0.2) is 6.61 Å². The van der Waals surface area contributed by atoms with Crippen molar-refractivity contribution < 1.29 is 19.1 Å². The van der Waals surface area contributed by atoms with Crippen LogP contribution < -0.4 is 5.32 Å². The molecule has 0 aliphatic carbocycles. The first-order valence-corrected chi connectivity index (χ1v) is 6.26. The van der Waals surface area contributed by atoms with Crippen LogP contribution in [0.3, 0.4) is 0 Å². The van der Waals surface area contributed by atoms with E-state index >= 15 is 0 Å². The molecule has 104 valence electrons. The quantitative estimate of drug-likeness (QED) is 0.831. The van der Waals surface area contributed by atoms with Crippen LogP contribution in [0.2, 0.25) is 0 Å². The highest BCUT2D eigenvalue weighted by Gasteiger charge is 2.11. The van der Waals surface area contributed by atoms with Gasteiger partial charge in [0.05, 0.1) is 12.3 Å². The van der Waals surface area contributed by atoms with Crippen molar-refractivity contribution in [3.05, 3.63) is 29.3 Å². The SMILES string of the molecule is CCOC(=O)COC(=O)Nc1c(C)cccc1CC. The predicted molar refractivity (Wildman–Crippen MR) is 72.2 cm³/mol. The van der Waals surface area contributed by atoms with Crippen molar-refractivity contribution in [3.8, 4) is 0 Å². The third-order valence-corrected chi connectivity index (χ3v) is 2.59. The second-order valence-electron chi connectivity index (χ2n) is 3.97. The number of aryl methyl sites for hydroxylation is 2. The Morgan fingerprint density at radius 2 is 1.95 bits per heavy atom. The van der Waals surface area contributed by atoms with Crippen LogP contribution in [0.4, 0.5) is 10.5 Å². The van der Waals surface area contributed by atoms with Gasteiger partial charge in [-0.05, 0) is 31.4 Å². The summed E-state index contributed by atoms with van der Waals surface area (Å²) in [4.78, 5) is 22.7. The molecule has 1 N–H and O–H groups in total. The average molecular weight is 265 g/mol. The molecule has 1 rings (SSSR count). The van der Waals surface area contributed by atoms with E-state index < -0.39 is 12.1 Å². The minimum absolute atomic E-state index is 0.265. The molecule has 1 aromatic carbocycles. The van der Waals surface area contributed by atoms with Crippen LogP contribution in [0.1, 0.15) is 25.0 Å². The summed E-state index contributed by atoms with van der Waals surface area (Å²) in [5.74, 6) is -0.557. The Bertz CT molecular complexity index is 457. The molecule has 0 saturated carbocycles. The smallest absolute Gasteiger partial charge is 0.412 e.